The van der Waals surface area contributed by atoms with Crippen LogP contribution in [0.1, 0.15) is 38.5 Å². The molecule has 1 fully saturated rings. The Morgan fingerprint density at radius 3 is 2.95 bits per heavy atom. The number of carbonyl (C=O) groups is 1. The number of methoxy groups -OCH3 is 1. The number of benzene rings is 1. The fourth-order valence-electron chi connectivity index (χ4n) is 3.22. The van der Waals surface area contributed by atoms with E-state index in [1.54, 1.807) is 13.3 Å². The van der Waals surface area contributed by atoms with Gasteiger partial charge in [-0.05, 0) is 24.5 Å². The van der Waals surface area contributed by atoms with E-state index in [1.807, 2.05) is 24.3 Å². The van der Waals surface area contributed by atoms with Crippen molar-refractivity contribution in [3.8, 4) is 5.75 Å². The molecule has 0 aliphatic heterocycles. The molecule has 0 bridgehead atoms. The van der Waals surface area contributed by atoms with Gasteiger partial charge in [0.2, 0.25) is 5.91 Å². The van der Waals surface area contributed by atoms with Gasteiger partial charge in [0.05, 0.1) is 18.3 Å². The van der Waals surface area contributed by atoms with Crippen molar-refractivity contribution in [3.63, 3.8) is 0 Å². The number of carbonyl (C=O) groups excluding carboxylic acids is 1. The number of hydrogen-bond acceptors (Lipinski definition) is 3. The standard InChI is InChI=1S/C18H22N2O2/c1-22-15-11-14-7-4-10-19-18(14)16(12-15)20-17(21)9-8-13-5-2-3-6-13/h4,7,10-13H,2-3,5-6,8-9H2,1H3,(H,20,21). The average Bonchev–Trinajstić information content (AvgIpc) is 3.06. The molecule has 1 N–H and O–H groups in total. The molecule has 0 unspecified atom stereocenters. The first-order chi connectivity index (χ1) is 10.8. The molecule has 0 saturated heterocycles. The third-order valence-electron chi connectivity index (χ3n) is 4.44. The van der Waals surface area contributed by atoms with Crippen LogP contribution in [0.5, 0.6) is 5.75 Å². The summed E-state index contributed by atoms with van der Waals surface area (Å²) in [5, 5.41) is 3.97. The van der Waals surface area contributed by atoms with Gasteiger partial charge in [0.1, 0.15) is 5.75 Å². The molecule has 116 valence electrons. The highest BCUT2D eigenvalue weighted by atomic mass is 16.5. The minimum absolute atomic E-state index is 0.0621. The zero-order valence-corrected chi connectivity index (χ0v) is 13.0. The number of nitrogens with zero attached hydrogens (tertiary/aromatic N) is 1. The third kappa shape index (κ3) is 3.38. The second kappa shape index (κ2) is 6.77. The summed E-state index contributed by atoms with van der Waals surface area (Å²) in [6.07, 6.45) is 8.49. The van der Waals surface area contributed by atoms with Crippen molar-refractivity contribution in [1.82, 2.24) is 4.98 Å². The zero-order chi connectivity index (χ0) is 15.4. The molecular formula is C18H22N2O2. The highest BCUT2D eigenvalue weighted by Crippen LogP contribution is 2.30. The topological polar surface area (TPSA) is 51.2 Å². The van der Waals surface area contributed by atoms with E-state index in [0.29, 0.717) is 6.42 Å². The number of nitrogens with one attached hydrogen (secondary N) is 1. The molecule has 1 aromatic heterocycles. The van der Waals surface area contributed by atoms with E-state index in [2.05, 4.69) is 10.3 Å². The number of hydrogen-bond donors (Lipinski definition) is 1. The van der Waals surface area contributed by atoms with Gasteiger partial charge >= 0.3 is 0 Å². The molecule has 0 atom stereocenters. The van der Waals surface area contributed by atoms with Crippen molar-refractivity contribution < 1.29 is 9.53 Å². The second-order valence-electron chi connectivity index (χ2n) is 5.99. The Balaban J connectivity index is 1.73. The minimum Gasteiger partial charge on any atom is -0.497 e. The van der Waals surface area contributed by atoms with Crippen LogP contribution in [0.15, 0.2) is 30.5 Å². The van der Waals surface area contributed by atoms with Gasteiger partial charge < -0.3 is 10.1 Å². The van der Waals surface area contributed by atoms with Gasteiger partial charge in [-0.3, -0.25) is 9.78 Å². The lowest BCUT2D eigenvalue weighted by Gasteiger charge is -2.12. The van der Waals surface area contributed by atoms with Crippen LogP contribution in [0, 0.1) is 5.92 Å². The molecule has 0 radical (unpaired) electrons. The first-order valence-electron chi connectivity index (χ1n) is 7.99. The molecule has 1 saturated carbocycles. The van der Waals surface area contributed by atoms with Crippen molar-refractivity contribution in [3.05, 3.63) is 30.5 Å². The van der Waals surface area contributed by atoms with E-state index in [-0.39, 0.29) is 5.91 Å². The Morgan fingerprint density at radius 2 is 2.18 bits per heavy atom. The smallest absolute Gasteiger partial charge is 0.224 e. The van der Waals surface area contributed by atoms with Crippen LogP contribution in [0.4, 0.5) is 5.69 Å². The number of fused-ring (bicyclic) bond motifs is 1. The van der Waals surface area contributed by atoms with Crippen LogP contribution < -0.4 is 10.1 Å². The Bertz CT molecular complexity index is 663. The summed E-state index contributed by atoms with van der Waals surface area (Å²) in [5.41, 5.74) is 1.53. The quantitative estimate of drug-likeness (QED) is 0.902. The summed E-state index contributed by atoms with van der Waals surface area (Å²) in [6.45, 7) is 0. The van der Waals surface area contributed by atoms with Crippen molar-refractivity contribution >= 4 is 22.5 Å². The summed E-state index contributed by atoms with van der Waals surface area (Å²) in [6, 6.07) is 7.62. The molecule has 4 nitrogen and oxygen atoms in total. The van der Waals surface area contributed by atoms with E-state index in [4.69, 9.17) is 4.74 Å². The van der Waals surface area contributed by atoms with E-state index in [9.17, 15) is 4.79 Å². The van der Waals surface area contributed by atoms with Gasteiger partial charge in [0.25, 0.3) is 0 Å². The number of aromatic nitrogens is 1. The zero-order valence-electron chi connectivity index (χ0n) is 13.0. The lowest BCUT2D eigenvalue weighted by atomic mass is 10.0. The predicted octanol–water partition coefficient (Wildman–Crippen LogP) is 4.15. The fraction of sp³-hybridized carbons (Fsp3) is 0.444. The molecule has 4 heteroatoms. The summed E-state index contributed by atoms with van der Waals surface area (Å²) < 4.78 is 5.31. The normalized spacial score (nSPS) is 15.1. The largest absolute Gasteiger partial charge is 0.497 e. The van der Waals surface area contributed by atoms with Crippen molar-refractivity contribution in [2.24, 2.45) is 5.92 Å². The third-order valence-corrected chi connectivity index (χ3v) is 4.44. The van der Waals surface area contributed by atoms with Crippen molar-refractivity contribution in [2.75, 3.05) is 12.4 Å². The SMILES string of the molecule is COc1cc(NC(=O)CCC2CCCC2)c2ncccc2c1. The van der Waals surface area contributed by atoms with E-state index in [1.165, 1.54) is 25.7 Å². The van der Waals surface area contributed by atoms with Gasteiger partial charge in [-0.2, -0.15) is 0 Å². The average molecular weight is 298 g/mol. The van der Waals surface area contributed by atoms with Crippen LogP contribution >= 0.6 is 0 Å². The second-order valence-corrected chi connectivity index (χ2v) is 5.99. The number of rotatable bonds is 5. The van der Waals surface area contributed by atoms with Gasteiger partial charge in [0, 0.05) is 24.1 Å². The first-order valence-corrected chi connectivity index (χ1v) is 7.99. The van der Waals surface area contributed by atoms with Crippen LogP contribution in [0.3, 0.4) is 0 Å². The lowest BCUT2D eigenvalue weighted by Crippen LogP contribution is -2.13. The van der Waals surface area contributed by atoms with Gasteiger partial charge in [-0.15, -0.1) is 0 Å². The van der Waals surface area contributed by atoms with E-state index >= 15 is 0 Å². The molecular weight excluding hydrogens is 276 g/mol. The van der Waals surface area contributed by atoms with Crippen molar-refractivity contribution in [2.45, 2.75) is 38.5 Å². The van der Waals surface area contributed by atoms with E-state index in [0.717, 1.165) is 34.7 Å². The molecule has 1 aliphatic rings. The predicted molar refractivity (Wildman–Crippen MR) is 88.1 cm³/mol. The Labute approximate surface area is 130 Å². The number of ether oxygens (including phenoxy) is 1. The van der Waals surface area contributed by atoms with Gasteiger partial charge in [-0.1, -0.05) is 31.7 Å². The minimum atomic E-state index is 0.0621. The van der Waals surface area contributed by atoms with Crippen LogP contribution in [0.25, 0.3) is 10.9 Å². The summed E-state index contributed by atoms with van der Waals surface area (Å²) in [7, 11) is 1.63. The lowest BCUT2D eigenvalue weighted by molar-refractivity contribution is -0.116. The van der Waals surface area contributed by atoms with Crippen LogP contribution in [-0.4, -0.2) is 18.0 Å². The van der Waals surface area contributed by atoms with Crippen molar-refractivity contribution in [1.29, 1.82) is 0 Å². The Morgan fingerprint density at radius 1 is 1.36 bits per heavy atom. The highest BCUT2D eigenvalue weighted by Gasteiger charge is 2.16. The molecule has 1 amide bonds. The number of anilines is 1. The molecule has 3 rings (SSSR count). The summed E-state index contributed by atoms with van der Waals surface area (Å²) in [4.78, 5) is 16.6. The first kappa shape index (κ1) is 14.8. The van der Waals surface area contributed by atoms with Gasteiger partial charge in [0.15, 0.2) is 0 Å². The van der Waals surface area contributed by atoms with Crippen LogP contribution in [-0.2, 0) is 4.79 Å². The van der Waals surface area contributed by atoms with Gasteiger partial charge in [-0.25, -0.2) is 0 Å². The molecule has 2 aromatic rings. The maximum Gasteiger partial charge on any atom is 0.224 e. The maximum absolute atomic E-state index is 12.2. The Hall–Kier alpha value is -2.10. The molecule has 1 aliphatic carbocycles. The molecule has 22 heavy (non-hydrogen) atoms. The number of amides is 1. The molecule has 1 heterocycles. The number of pyridine rings is 1. The molecule has 0 spiro atoms. The molecule has 1 aromatic carbocycles. The summed E-state index contributed by atoms with van der Waals surface area (Å²) >= 11 is 0. The van der Waals surface area contributed by atoms with Crippen LogP contribution in [0.2, 0.25) is 0 Å². The monoisotopic (exact) mass is 298 g/mol. The Kier molecular flexibility index (Phi) is 4.56. The fourth-order valence-corrected chi connectivity index (χ4v) is 3.22. The van der Waals surface area contributed by atoms with E-state index < -0.39 is 0 Å². The highest BCUT2D eigenvalue weighted by molar-refractivity contribution is 6.01. The maximum atomic E-state index is 12.2. The summed E-state index contributed by atoms with van der Waals surface area (Å²) in [5.74, 6) is 1.52.